The number of hydrogen-bond acceptors (Lipinski definition) is 2. The molecule has 9 rings (SSSR count). The number of aryl methyl sites for hydroxylation is 1. The Kier molecular flexibility index (Phi) is 8.88. The van der Waals surface area contributed by atoms with Crippen LogP contribution in [0.25, 0.3) is 65.7 Å². The number of likely N-dealkylation sites (N-methyl/N-ethyl adjacent to an activating group) is 1. The van der Waals surface area contributed by atoms with Crippen LogP contribution in [0.5, 0.6) is 0 Å². The van der Waals surface area contributed by atoms with Gasteiger partial charge in [-0.15, -0.1) is 0 Å². The van der Waals surface area contributed by atoms with E-state index in [1.807, 2.05) is 11.8 Å². The smallest absolute Gasteiger partial charge is 0.0423 e. The average Bonchev–Trinajstić information content (AvgIpc) is 4.00. The molecule has 7 aromatic carbocycles. The maximum atomic E-state index is 2.44. The molecule has 0 atom stereocenters. The molecule has 0 spiro atoms. The van der Waals surface area contributed by atoms with Crippen molar-refractivity contribution in [2.24, 2.45) is 0 Å². The molecule has 249 valence electrons. The number of rotatable bonds is 6. The van der Waals surface area contributed by atoms with Crippen molar-refractivity contribution >= 4 is 55.2 Å². The predicted molar refractivity (Wildman–Crippen MR) is 223 cm³/mol. The van der Waals surface area contributed by atoms with E-state index in [0.29, 0.717) is 0 Å². The molecule has 0 bridgehead atoms. The van der Waals surface area contributed by atoms with E-state index >= 15 is 0 Å². The molecule has 0 amide bonds. The van der Waals surface area contributed by atoms with Gasteiger partial charge in [-0.25, -0.2) is 0 Å². The summed E-state index contributed by atoms with van der Waals surface area (Å²) in [5.74, 6) is 0. The minimum atomic E-state index is 0. The third kappa shape index (κ3) is 6.41. The molecule has 1 radical (unpaired) electrons. The molecule has 1 heterocycles. The predicted octanol–water partition coefficient (Wildman–Crippen LogP) is 13.8. The summed E-state index contributed by atoms with van der Waals surface area (Å²) in [6.07, 6.45) is 13.5. The molecular formula is C49H42NS. The summed E-state index contributed by atoms with van der Waals surface area (Å²) in [4.78, 5) is 4.90. The van der Waals surface area contributed by atoms with Crippen LogP contribution in [0.15, 0.2) is 162 Å². The highest BCUT2D eigenvalue weighted by Gasteiger charge is 2.19. The first-order chi connectivity index (χ1) is 24.6. The first-order valence-electron chi connectivity index (χ1n) is 17.6. The number of fused-ring (bicyclic) bond motifs is 6. The molecule has 51 heavy (non-hydrogen) atoms. The first-order valence-corrected chi connectivity index (χ1v) is 18.4. The van der Waals surface area contributed by atoms with Gasteiger partial charge in [-0.3, -0.25) is 0 Å². The maximum absolute atomic E-state index is 2.44. The molecule has 0 aromatic heterocycles. The summed E-state index contributed by atoms with van der Waals surface area (Å²) in [7, 11) is 2.18. The van der Waals surface area contributed by atoms with Crippen LogP contribution in [-0.4, -0.2) is 18.5 Å². The van der Waals surface area contributed by atoms with Crippen LogP contribution >= 0.6 is 11.8 Å². The van der Waals surface area contributed by atoms with Crippen molar-refractivity contribution in [3.05, 3.63) is 175 Å². The highest BCUT2D eigenvalue weighted by Crippen LogP contribution is 2.43. The lowest BCUT2D eigenvalue weighted by Gasteiger charge is -2.21. The Morgan fingerprint density at radius 1 is 0.549 bits per heavy atom. The molecule has 0 saturated carbocycles. The zero-order valence-corrected chi connectivity index (χ0v) is 29.3. The largest absolute Gasteiger partial charge is 0.376 e. The Bertz CT molecular complexity index is 2510. The van der Waals surface area contributed by atoms with Gasteiger partial charge in [-0.1, -0.05) is 122 Å². The summed E-state index contributed by atoms with van der Waals surface area (Å²) in [5, 5.41) is 7.83. The van der Waals surface area contributed by atoms with Crippen LogP contribution in [0.3, 0.4) is 0 Å². The number of allylic oxidation sites excluding steroid dienone is 4. The van der Waals surface area contributed by atoms with Gasteiger partial charge in [0, 0.05) is 29.8 Å². The van der Waals surface area contributed by atoms with E-state index in [1.165, 1.54) is 92.2 Å². The monoisotopic (exact) mass is 676 g/mol. The Hall–Kier alpha value is -5.31. The van der Waals surface area contributed by atoms with Gasteiger partial charge in [0.25, 0.3) is 0 Å². The standard InChI is InChI=1S/C48H38NS.CH4/c1-32-12-5-10-18-47(32)50-48-24-22-35(29-45(48)33-19-20-33)38-26-37(27-39(28-38)36-13-4-3-11-25-49(2)31-36)34-21-23-44-42-16-7-6-14-40(42)41-15-8-9-17-43(41)46(44)30-34;/h5-30H,3-4,31H2,1-2H3;1H4/b25-11-,36-13-;. The molecule has 0 fully saturated rings. The van der Waals surface area contributed by atoms with E-state index in [0.717, 1.165) is 19.4 Å². The highest BCUT2D eigenvalue weighted by molar-refractivity contribution is 7.99. The third-order valence-electron chi connectivity index (χ3n) is 10.2. The fraction of sp³-hybridized carbons (Fsp3) is 0.122. The van der Waals surface area contributed by atoms with Gasteiger partial charge in [0.15, 0.2) is 0 Å². The number of benzene rings is 7. The van der Waals surface area contributed by atoms with Crippen LogP contribution in [0.1, 0.15) is 37.0 Å². The second kappa shape index (κ2) is 13.8. The van der Waals surface area contributed by atoms with Crippen LogP contribution in [0.2, 0.25) is 0 Å². The zero-order valence-electron chi connectivity index (χ0n) is 28.5. The molecule has 0 saturated heterocycles. The Morgan fingerprint density at radius 2 is 1.14 bits per heavy atom. The summed E-state index contributed by atoms with van der Waals surface area (Å²) in [6, 6.07) is 47.7. The van der Waals surface area contributed by atoms with Gasteiger partial charge in [0.2, 0.25) is 0 Å². The van der Waals surface area contributed by atoms with Gasteiger partial charge in [-0.2, -0.15) is 0 Å². The molecule has 2 heteroatoms. The summed E-state index contributed by atoms with van der Waals surface area (Å²) in [5.41, 5.74) is 11.6. The SMILES string of the molecule is C.Cc1ccccc1Sc1ccc(-c2cc(/C3=C\CC/C=C\N(C)C3)cc(-c3ccc4c5ccccc5c5ccccc5c4c3)c2)cc1C1=C[CH]1. The molecule has 1 aliphatic carbocycles. The van der Waals surface area contributed by atoms with E-state index in [-0.39, 0.29) is 7.43 Å². The lowest BCUT2D eigenvalue weighted by molar-refractivity contribution is 0.512. The van der Waals surface area contributed by atoms with Gasteiger partial charge >= 0.3 is 0 Å². The minimum Gasteiger partial charge on any atom is -0.376 e. The lowest BCUT2D eigenvalue weighted by Crippen LogP contribution is -2.14. The topological polar surface area (TPSA) is 3.24 Å². The molecule has 1 nitrogen and oxygen atoms in total. The van der Waals surface area contributed by atoms with Crippen LogP contribution in [0, 0.1) is 13.3 Å². The van der Waals surface area contributed by atoms with Crippen molar-refractivity contribution in [2.45, 2.75) is 37.0 Å². The Labute approximate surface area is 306 Å². The van der Waals surface area contributed by atoms with E-state index < -0.39 is 0 Å². The fourth-order valence-corrected chi connectivity index (χ4v) is 8.51. The van der Waals surface area contributed by atoms with Crippen LogP contribution < -0.4 is 0 Å². The second-order valence-corrected chi connectivity index (χ2v) is 14.7. The molecule has 0 N–H and O–H groups in total. The van der Waals surface area contributed by atoms with Crippen molar-refractivity contribution in [1.29, 1.82) is 0 Å². The Balaban J connectivity index is 0.00000374. The van der Waals surface area contributed by atoms with Crippen molar-refractivity contribution in [3.8, 4) is 22.3 Å². The normalized spacial score (nSPS) is 15.8. The molecule has 7 aromatic rings. The number of hydrogen-bond donors (Lipinski definition) is 0. The third-order valence-corrected chi connectivity index (χ3v) is 11.4. The van der Waals surface area contributed by atoms with Crippen molar-refractivity contribution in [1.82, 2.24) is 4.90 Å². The molecule has 0 unspecified atom stereocenters. The Morgan fingerprint density at radius 3 is 1.82 bits per heavy atom. The fourth-order valence-electron chi connectivity index (χ4n) is 7.47. The van der Waals surface area contributed by atoms with Gasteiger partial charge < -0.3 is 4.90 Å². The van der Waals surface area contributed by atoms with Crippen LogP contribution in [0.4, 0.5) is 0 Å². The minimum absolute atomic E-state index is 0. The van der Waals surface area contributed by atoms with Crippen molar-refractivity contribution < 1.29 is 0 Å². The van der Waals surface area contributed by atoms with Crippen molar-refractivity contribution in [3.63, 3.8) is 0 Å². The van der Waals surface area contributed by atoms with Gasteiger partial charge in [0.1, 0.15) is 0 Å². The second-order valence-electron chi connectivity index (χ2n) is 13.6. The quantitative estimate of drug-likeness (QED) is 0.161. The van der Waals surface area contributed by atoms with Crippen molar-refractivity contribution in [2.75, 3.05) is 13.6 Å². The van der Waals surface area contributed by atoms with E-state index in [2.05, 4.69) is 177 Å². The first kappa shape index (κ1) is 32.9. The average molecular weight is 677 g/mol. The summed E-state index contributed by atoms with van der Waals surface area (Å²) >= 11 is 1.86. The zero-order chi connectivity index (χ0) is 33.6. The van der Waals surface area contributed by atoms with Gasteiger partial charge in [-0.05, 0) is 151 Å². The van der Waals surface area contributed by atoms with E-state index in [9.17, 15) is 0 Å². The molecule has 1 aliphatic heterocycles. The molecular weight excluding hydrogens is 635 g/mol. The maximum Gasteiger partial charge on any atom is 0.0423 e. The van der Waals surface area contributed by atoms with E-state index in [1.54, 1.807) is 0 Å². The molecule has 2 aliphatic rings. The lowest BCUT2D eigenvalue weighted by atomic mass is 9.89. The van der Waals surface area contributed by atoms with E-state index in [4.69, 9.17) is 0 Å². The van der Waals surface area contributed by atoms with Gasteiger partial charge in [0.05, 0.1) is 0 Å². The van der Waals surface area contributed by atoms with Crippen LogP contribution in [-0.2, 0) is 0 Å². The summed E-state index contributed by atoms with van der Waals surface area (Å²) < 4.78 is 0. The highest BCUT2D eigenvalue weighted by atomic mass is 32.2. The summed E-state index contributed by atoms with van der Waals surface area (Å²) in [6.45, 7) is 3.08. The number of nitrogens with zero attached hydrogens (tertiary/aromatic N) is 1.